The lowest BCUT2D eigenvalue weighted by Gasteiger charge is -2.20. The molecule has 0 amide bonds. The van der Waals surface area contributed by atoms with Gasteiger partial charge in [-0.15, -0.1) is 0 Å². The van der Waals surface area contributed by atoms with E-state index in [0.29, 0.717) is 24.5 Å². The van der Waals surface area contributed by atoms with E-state index in [1.54, 1.807) is 0 Å². The van der Waals surface area contributed by atoms with Gasteiger partial charge >= 0.3 is 0 Å². The van der Waals surface area contributed by atoms with Crippen molar-refractivity contribution >= 4 is 31.3 Å². The molecular weight excluding hydrogens is 348 g/mol. The van der Waals surface area contributed by atoms with Gasteiger partial charge in [-0.25, -0.2) is 16.8 Å². The van der Waals surface area contributed by atoms with Gasteiger partial charge in [-0.05, 0) is 43.8 Å². The highest BCUT2D eigenvalue weighted by molar-refractivity contribution is 7.96. The topological polar surface area (TPSA) is 106 Å². The van der Waals surface area contributed by atoms with Gasteiger partial charge in [-0.2, -0.15) is 0 Å². The van der Waals surface area contributed by atoms with Crippen LogP contribution in [-0.2, 0) is 19.7 Å². The summed E-state index contributed by atoms with van der Waals surface area (Å²) in [6, 6.07) is 5.15. The van der Waals surface area contributed by atoms with Crippen LogP contribution in [0.1, 0.15) is 6.42 Å². The average Bonchev–Trinajstić information content (AvgIpc) is 2.75. The zero-order chi connectivity index (χ0) is 16.4. The molecule has 2 atom stereocenters. The van der Waals surface area contributed by atoms with Gasteiger partial charge in [0.15, 0.2) is 19.7 Å². The van der Waals surface area contributed by atoms with Crippen LogP contribution in [0.4, 0.5) is 0 Å². The summed E-state index contributed by atoms with van der Waals surface area (Å²) in [6.45, 7) is 0.949. The van der Waals surface area contributed by atoms with Gasteiger partial charge in [0.05, 0.1) is 21.7 Å². The Kier molecular flexibility index (Phi) is 5.50. The summed E-state index contributed by atoms with van der Waals surface area (Å²) in [6.07, 6.45) is 0.657. The van der Waals surface area contributed by atoms with Crippen molar-refractivity contribution in [2.24, 2.45) is 5.73 Å². The standard InChI is InChI=1S/C13H19ClN2O4S2/c14-10-2-4-11(5-3-10)22(19,20)13-9-21(17,18)8-12(13)16-7-1-6-15/h2-5,12-13,16H,1,6-9,15H2/t12-,13-/m0/s1. The van der Waals surface area contributed by atoms with Crippen molar-refractivity contribution in [3.05, 3.63) is 29.3 Å². The van der Waals surface area contributed by atoms with Crippen molar-refractivity contribution in [3.8, 4) is 0 Å². The van der Waals surface area contributed by atoms with Crippen molar-refractivity contribution < 1.29 is 16.8 Å². The molecule has 1 fully saturated rings. The van der Waals surface area contributed by atoms with Crippen molar-refractivity contribution in [2.45, 2.75) is 22.6 Å². The van der Waals surface area contributed by atoms with Crippen LogP contribution < -0.4 is 11.1 Å². The normalized spacial score (nSPS) is 24.5. The van der Waals surface area contributed by atoms with Crippen LogP contribution in [0.15, 0.2) is 29.2 Å². The predicted molar refractivity (Wildman–Crippen MR) is 86.5 cm³/mol. The minimum atomic E-state index is -3.74. The lowest BCUT2D eigenvalue weighted by atomic mass is 10.2. The fourth-order valence-corrected chi connectivity index (χ4v) is 7.34. The second-order valence-corrected chi connectivity index (χ2v) is 10.1. The quantitative estimate of drug-likeness (QED) is 0.697. The molecule has 0 saturated carbocycles. The lowest BCUT2D eigenvalue weighted by Crippen LogP contribution is -2.44. The Morgan fingerprint density at radius 1 is 1.23 bits per heavy atom. The van der Waals surface area contributed by atoms with Crippen LogP contribution in [0.25, 0.3) is 0 Å². The number of nitrogens with one attached hydrogen (secondary N) is 1. The molecular formula is C13H19ClN2O4S2. The average molecular weight is 367 g/mol. The molecule has 1 heterocycles. The van der Waals surface area contributed by atoms with Gasteiger partial charge in [0.25, 0.3) is 0 Å². The van der Waals surface area contributed by atoms with E-state index in [4.69, 9.17) is 17.3 Å². The Bertz CT molecular complexity index is 717. The number of halogens is 1. The number of hydrogen-bond donors (Lipinski definition) is 2. The number of hydrogen-bond acceptors (Lipinski definition) is 6. The molecule has 0 spiro atoms. The molecule has 124 valence electrons. The summed E-state index contributed by atoms with van der Waals surface area (Å²) in [5, 5.41) is 2.45. The van der Waals surface area contributed by atoms with Gasteiger partial charge in [0, 0.05) is 11.1 Å². The van der Waals surface area contributed by atoms with Crippen molar-refractivity contribution in [2.75, 3.05) is 24.6 Å². The van der Waals surface area contributed by atoms with E-state index in [0.717, 1.165) is 0 Å². The lowest BCUT2D eigenvalue weighted by molar-refractivity contribution is 0.521. The van der Waals surface area contributed by atoms with E-state index in [1.807, 2.05) is 0 Å². The first-order chi connectivity index (χ1) is 10.3. The zero-order valence-electron chi connectivity index (χ0n) is 11.9. The van der Waals surface area contributed by atoms with Crippen LogP contribution in [0, 0.1) is 0 Å². The first-order valence-corrected chi connectivity index (χ1v) is 10.6. The second kappa shape index (κ2) is 6.84. The molecule has 1 aromatic carbocycles. The van der Waals surface area contributed by atoms with E-state index >= 15 is 0 Å². The smallest absolute Gasteiger partial charge is 0.183 e. The van der Waals surface area contributed by atoms with Crippen LogP contribution >= 0.6 is 11.6 Å². The number of benzene rings is 1. The van der Waals surface area contributed by atoms with Gasteiger partial charge in [-0.3, -0.25) is 0 Å². The number of rotatable bonds is 6. The molecule has 1 saturated heterocycles. The maximum Gasteiger partial charge on any atom is 0.183 e. The molecule has 1 aliphatic heterocycles. The summed E-state index contributed by atoms with van der Waals surface area (Å²) in [7, 11) is -7.12. The Hall–Kier alpha value is -0.670. The highest BCUT2D eigenvalue weighted by Crippen LogP contribution is 2.26. The summed E-state index contributed by atoms with van der Waals surface area (Å²) in [5.41, 5.74) is 5.40. The highest BCUT2D eigenvalue weighted by atomic mass is 35.5. The van der Waals surface area contributed by atoms with E-state index in [-0.39, 0.29) is 16.4 Å². The minimum Gasteiger partial charge on any atom is -0.330 e. The molecule has 0 aromatic heterocycles. The number of nitrogens with two attached hydrogens (primary N) is 1. The number of sulfone groups is 2. The van der Waals surface area contributed by atoms with Crippen LogP contribution in [0.2, 0.25) is 5.02 Å². The van der Waals surface area contributed by atoms with Crippen molar-refractivity contribution in [1.29, 1.82) is 0 Å². The fourth-order valence-electron chi connectivity index (χ4n) is 2.50. The largest absolute Gasteiger partial charge is 0.330 e. The van der Waals surface area contributed by atoms with Crippen molar-refractivity contribution in [3.63, 3.8) is 0 Å². The van der Waals surface area contributed by atoms with E-state index in [1.165, 1.54) is 24.3 Å². The molecule has 0 aliphatic carbocycles. The Morgan fingerprint density at radius 2 is 1.86 bits per heavy atom. The Balaban J connectivity index is 2.28. The monoisotopic (exact) mass is 366 g/mol. The van der Waals surface area contributed by atoms with Crippen molar-refractivity contribution in [1.82, 2.24) is 5.32 Å². The Morgan fingerprint density at radius 3 is 2.45 bits per heavy atom. The third kappa shape index (κ3) is 3.99. The summed E-state index contributed by atoms with van der Waals surface area (Å²) < 4.78 is 49.1. The molecule has 2 rings (SSSR count). The van der Waals surface area contributed by atoms with Gasteiger partial charge < -0.3 is 11.1 Å². The van der Waals surface area contributed by atoms with Crippen LogP contribution in [0.5, 0.6) is 0 Å². The third-order valence-electron chi connectivity index (χ3n) is 3.63. The first-order valence-electron chi connectivity index (χ1n) is 6.89. The molecule has 6 nitrogen and oxygen atoms in total. The first kappa shape index (κ1) is 17.7. The van der Waals surface area contributed by atoms with Crippen LogP contribution in [-0.4, -0.2) is 52.7 Å². The van der Waals surface area contributed by atoms with Crippen LogP contribution in [0.3, 0.4) is 0 Å². The van der Waals surface area contributed by atoms with Gasteiger partial charge in [-0.1, -0.05) is 11.6 Å². The van der Waals surface area contributed by atoms with E-state index < -0.39 is 31.0 Å². The van der Waals surface area contributed by atoms with Gasteiger partial charge in [0.1, 0.15) is 0 Å². The Labute approximate surface area is 135 Å². The third-order valence-corrected chi connectivity index (χ3v) is 8.05. The van der Waals surface area contributed by atoms with E-state index in [2.05, 4.69) is 5.32 Å². The molecule has 1 aromatic rings. The van der Waals surface area contributed by atoms with E-state index in [9.17, 15) is 16.8 Å². The molecule has 9 heteroatoms. The predicted octanol–water partition coefficient (Wildman–Crippen LogP) is 0.218. The molecule has 0 radical (unpaired) electrons. The molecule has 0 bridgehead atoms. The summed E-state index contributed by atoms with van der Waals surface area (Å²) in [4.78, 5) is 0.0876. The SMILES string of the molecule is NCCCN[C@H]1CS(=O)(=O)C[C@@H]1S(=O)(=O)c1ccc(Cl)cc1. The zero-order valence-corrected chi connectivity index (χ0v) is 14.3. The molecule has 1 aliphatic rings. The fraction of sp³-hybridized carbons (Fsp3) is 0.538. The maximum absolute atomic E-state index is 12.7. The van der Waals surface area contributed by atoms with Gasteiger partial charge in [0.2, 0.25) is 0 Å². The maximum atomic E-state index is 12.7. The highest BCUT2D eigenvalue weighted by Gasteiger charge is 2.45. The summed E-state index contributed by atoms with van der Waals surface area (Å²) in [5.74, 6) is -0.534. The summed E-state index contributed by atoms with van der Waals surface area (Å²) >= 11 is 5.77. The molecule has 3 N–H and O–H groups in total. The minimum absolute atomic E-state index is 0.0876. The molecule has 22 heavy (non-hydrogen) atoms. The molecule has 0 unspecified atom stereocenters. The second-order valence-electron chi connectivity index (χ2n) is 5.32.